The zero-order valence-electron chi connectivity index (χ0n) is 10.3. The Morgan fingerprint density at radius 1 is 1.44 bits per heavy atom. The molecule has 4 heteroatoms. The predicted octanol–water partition coefficient (Wildman–Crippen LogP) is 1.77. The Bertz CT molecular complexity index is 298. The highest BCUT2D eigenvalue weighted by atomic mass is 16.5. The van der Waals surface area contributed by atoms with Crippen LogP contribution in [0.3, 0.4) is 0 Å². The van der Waals surface area contributed by atoms with Crippen LogP contribution < -0.4 is 10.6 Å². The molecule has 90 valence electrons. The van der Waals surface area contributed by atoms with Crippen molar-refractivity contribution in [3.05, 3.63) is 18.3 Å². The maximum Gasteiger partial charge on any atom is 0.128 e. The Hall–Kier alpha value is -1.29. The number of nitrogen functional groups attached to an aromatic ring is 1. The molecule has 0 aromatic carbocycles. The highest BCUT2D eigenvalue weighted by Crippen LogP contribution is 2.13. The molecule has 16 heavy (non-hydrogen) atoms. The molecule has 0 spiro atoms. The van der Waals surface area contributed by atoms with Crippen molar-refractivity contribution in [1.82, 2.24) is 4.98 Å². The number of aromatic nitrogens is 1. The maximum absolute atomic E-state index is 5.62. The Kier molecular flexibility index (Phi) is 5.05. The van der Waals surface area contributed by atoms with Crippen molar-refractivity contribution in [2.75, 3.05) is 37.4 Å². The summed E-state index contributed by atoms with van der Waals surface area (Å²) in [6.07, 6.45) is 1.69. The molecule has 0 radical (unpaired) electrons. The molecule has 0 fully saturated rings. The lowest BCUT2D eigenvalue weighted by atomic mass is 10.2. The molecule has 0 saturated heterocycles. The van der Waals surface area contributed by atoms with Gasteiger partial charge in [-0.15, -0.1) is 0 Å². The number of hydrogen-bond acceptors (Lipinski definition) is 4. The minimum absolute atomic E-state index is 0.594. The van der Waals surface area contributed by atoms with Crippen LogP contribution >= 0.6 is 0 Å². The second kappa shape index (κ2) is 6.33. The van der Waals surface area contributed by atoms with E-state index in [4.69, 9.17) is 10.5 Å². The lowest BCUT2D eigenvalue weighted by molar-refractivity contribution is 0.204. The molecule has 0 aliphatic heterocycles. The Balaban J connectivity index is 2.70. The smallest absolute Gasteiger partial charge is 0.128 e. The first-order chi connectivity index (χ1) is 7.63. The van der Waals surface area contributed by atoms with Gasteiger partial charge in [0.25, 0.3) is 0 Å². The van der Waals surface area contributed by atoms with Gasteiger partial charge in [0.15, 0.2) is 0 Å². The average molecular weight is 223 g/mol. The van der Waals surface area contributed by atoms with Gasteiger partial charge in [-0.3, -0.25) is 0 Å². The first-order valence-electron chi connectivity index (χ1n) is 5.59. The molecule has 1 aromatic rings. The summed E-state index contributed by atoms with van der Waals surface area (Å²) in [5.74, 6) is 1.55. The number of rotatable bonds is 6. The lowest BCUT2D eigenvalue weighted by Crippen LogP contribution is -2.31. The first kappa shape index (κ1) is 12.8. The summed E-state index contributed by atoms with van der Waals surface area (Å²) in [4.78, 5) is 6.55. The van der Waals surface area contributed by atoms with Gasteiger partial charge in [0.1, 0.15) is 5.82 Å². The minimum Gasteiger partial charge on any atom is -0.397 e. The summed E-state index contributed by atoms with van der Waals surface area (Å²) in [5, 5.41) is 0. The number of pyridine rings is 1. The van der Waals surface area contributed by atoms with Crippen LogP contribution in [0.1, 0.15) is 13.8 Å². The molecular weight excluding hydrogens is 202 g/mol. The highest BCUT2D eigenvalue weighted by molar-refractivity contribution is 5.45. The van der Waals surface area contributed by atoms with Crippen molar-refractivity contribution >= 4 is 11.5 Å². The lowest BCUT2D eigenvalue weighted by Gasteiger charge is -2.25. The number of nitrogens with zero attached hydrogens (tertiary/aromatic N) is 2. The molecule has 4 nitrogen and oxygen atoms in total. The molecule has 0 saturated carbocycles. The number of methoxy groups -OCH3 is 1. The van der Waals surface area contributed by atoms with E-state index in [9.17, 15) is 0 Å². The third-order valence-corrected chi connectivity index (χ3v) is 2.25. The second-order valence-corrected chi connectivity index (χ2v) is 4.28. The largest absolute Gasteiger partial charge is 0.397 e. The number of ether oxygens (including phenoxy) is 1. The molecule has 0 aliphatic rings. The van der Waals surface area contributed by atoms with Crippen LogP contribution in [0.4, 0.5) is 11.5 Å². The average Bonchev–Trinajstić information content (AvgIpc) is 2.25. The van der Waals surface area contributed by atoms with Crippen LogP contribution in [0.2, 0.25) is 0 Å². The van der Waals surface area contributed by atoms with E-state index in [0.29, 0.717) is 18.2 Å². The van der Waals surface area contributed by atoms with Gasteiger partial charge in [0, 0.05) is 20.2 Å². The van der Waals surface area contributed by atoms with Crippen molar-refractivity contribution in [2.45, 2.75) is 13.8 Å². The molecule has 1 rings (SSSR count). The van der Waals surface area contributed by atoms with Gasteiger partial charge in [-0.05, 0) is 18.1 Å². The monoisotopic (exact) mass is 223 g/mol. The predicted molar refractivity (Wildman–Crippen MR) is 67.6 cm³/mol. The summed E-state index contributed by atoms with van der Waals surface area (Å²) in [6.45, 7) is 6.92. The Morgan fingerprint density at radius 3 is 2.69 bits per heavy atom. The fourth-order valence-electron chi connectivity index (χ4n) is 1.53. The maximum atomic E-state index is 5.62. The summed E-state index contributed by atoms with van der Waals surface area (Å²) >= 11 is 0. The topological polar surface area (TPSA) is 51.4 Å². The van der Waals surface area contributed by atoms with E-state index in [1.54, 1.807) is 13.3 Å². The fourth-order valence-corrected chi connectivity index (χ4v) is 1.53. The van der Waals surface area contributed by atoms with Crippen LogP contribution in [0.15, 0.2) is 18.3 Å². The molecule has 0 amide bonds. The van der Waals surface area contributed by atoms with Crippen molar-refractivity contribution in [3.63, 3.8) is 0 Å². The van der Waals surface area contributed by atoms with Gasteiger partial charge in [0.2, 0.25) is 0 Å². The van der Waals surface area contributed by atoms with Crippen molar-refractivity contribution < 1.29 is 4.74 Å². The zero-order valence-corrected chi connectivity index (χ0v) is 10.3. The van der Waals surface area contributed by atoms with E-state index < -0.39 is 0 Å². The van der Waals surface area contributed by atoms with E-state index in [0.717, 1.165) is 18.9 Å². The van der Waals surface area contributed by atoms with Crippen LogP contribution in [0.5, 0.6) is 0 Å². The summed E-state index contributed by atoms with van der Waals surface area (Å²) < 4.78 is 5.10. The molecule has 0 bridgehead atoms. The summed E-state index contributed by atoms with van der Waals surface area (Å²) in [7, 11) is 1.71. The molecule has 2 N–H and O–H groups in total. The van der Waals surface area contributed by atoms with E-state index >= 15 is 0 Å². The van der Waals surface area contributed by atoms with Crippen molar-refractivity contribution in [2.24, 2.45) is 5.92 Å². The van der Waals surface area contributed by atoms with Gasteiger partial charge >= 0.3 is 0 Å². The molecule has 0 aliphatic carbocycles. The van der Waals surface area contributed by atoms with Gasteiger partial charge < -0.3 is 15.4 Å². The summed E-state index contributed by atoms with van der Waals surface area (Å²) in [6, 6.07) is 3.83. The second-order valence-electron chi connectivity index (χ2n) is 4.28. The third kappa shape index (κ3) is 4.06. The van der Waals surface area contributed by atoms with Gasteiger partial charge in [0.05, 0.1) is 18.5 Å². The third-order valence-electron chi connectivity index (χ3n) is 2.25. The molecular formula is C12H21N3O. The summed E-state index contributed by atoms with van der Waals surface area (Å²) in [5.41, 5.74) is 6.32. The van der Waals surface area contributed by atoms with Crippen molar-refractivity contribution in [1.29, 1.82) is 0 Å². The zero-order chi connectivity index (χ0) is 12.0. The highest BCUT2D eigenvalue weighted by Gasteiger charge is 2.09. The van der Waals surface area contributed by atoms with Crippen LogP contribution in [0.25, 0.3) is 0 Å². The van der Waals surface area contributed by atoms with Crippen LogP contribution in [0, 0.1) is 5.92 Å². The van der Waals surface area contributed by atoms with Gasteiger partial charge in [-0.1, -0.05) is 13.8 Å². The number of anilines is 2. The molecule has 1 heterocycles. The van der Waals surface area contributed by atoms with E-state index in [-0.39, 0.29) is 0 Å². The first-order valence-corrected chi connectivity index (χ1v) is 5.59. The molecule has 0 unspecified atom stereocenters. The SMILES string of the molecule is COCCN(CC(C)C)c1ccc(N)cn1. The minimum atomic E-state index is 0.594. The molecule has 0 atom stereocenters. The van der Waals surface area contributed by atoms with Crippen LogP contribution in [-0.2, 0) is 4.74 Å². The number of hydrogen-bond donors (Lipinski definition) is 1. The van der Waals surface area contributed by atoms with Crippen LogP contribution in [-0.4, -0.2) is 31.8 Å². The van der Waals surface area contributed by atoms with E-state index in [1.165, 1.54) is 0 Å². The van der Waals surface area contributed by atoms with E-state index in [1.807, 2.05) is 12.1 Å². The Labute approximate surface area is 97.4 Å². The van der Waals surface area contributed by atoms with Gasteiger partial charge in [-0.2, -0.15) is 0 Å². The standard InChI is InChI=1S/C12H21N3O/c1-10(2)9-15(6-7-16-3)12-5-4-11(13)8-14-12/h4-5,8,10H,6-7,9,13H2,1-3H3. The van der Waals surface area contributed by atoms with E-state index in [2.05, 4.69) is 23.7 Å². The Morgan fingerprint density at radius 2 is 2.19 bits per heavy atom. The molecule has 1 aromatic heterocycles. The van der Waals surface area contributed by atoms with Crippen molar-refractivity contribution in [3.8, 4) is 0 Å². The number of nitrogens with two attached hydrogens (primary N) is 1. The normalized spacial score (nSPS) is 10.8. The quantitative estimate of drug-likeness (QED) is 0.798. The fraction of sp³-hybridized carbons (Fsp3) is 0.583. The van der Waals surface area contributed by atoms with Gasteiger partial charge in [-0.25, -0.2) is 4.98 Å².